The molecule has 1 saturated heterocycles. The summed E-state index contributed by atoms with van der Waals surface area (Å²) in [5.74, 6) is 0.0787. The largest absolute Gasteiger partial charge is 0.348 e. The van der Waals surface area contributed by atoms with Gasteiger partial charge in [-0.05, 0) is 44.0 Å². The number of benzene rings is 1. The second-order valence-corrected chi connectivity index (χ2v) is 4.87. The van der Waals surface area contributed by atoms with Gasteiger partial charge in [-0.3, -0.25) is 4.79 Å². The van der Waals surface area contributed by atoms with Crippen molar-refractivity contribution >= 4 is 17.5 Å². The van der Waals surface area contributed by atoms with Gasteiger partial charge in [0.25, 0.3) is 0 Å². The zero-order valence-corrected chi connectivity index (χ0v) is 10.6. The van der Waals surface area contributed by atoms with E-state index in [1.54, 1.807) is 0 Å². The van der Waals surface area contributed by atoms with Crippen molar-refractivity contribution in [1.29, 1.82) is 0 Å². The highest BCUT2D eigenvalue weighted by Gasteiger charge is 2.23. The molecule has 0 bridgehead atoms. The second kappa shape index (κ2) is 5.52. The van der Waals surface area contributed by atoms with E-state index in [1.165, 1.54) is 0 Å². The molecule has 0 spiro atoms. The summed E-state index contributed by atoms with van der Waals surface area (Å²) in [6, 6.07) is 7.54. The first-order chi connectivity index (χ1) is 8.16. The van der Waals surface area contributed by atoms with Crippen molar-refractivity contribution in [2.24, 2.45) is 0 Å². The van der Waals surface area contributed by atoms with Gasteiger partial charge in [0.05, 0.1) is 12.1 Å². The molecule has 0 aromatic heterocycles. The van der Waals surface area contributed by atoms with Crippen LogP contribution >= 0.6 is 11.6 Å². The maximum absolute atomic E-state index is 11.9. The van der Waals surface area contributed by atoms with Crippen LogP contribution in [-0.2, 0) is 4.79 Å². The summed E-state index contributed by atoms with van der Waals surface area (Å²) in [6.07, 6.45) is 2.00. The summed E-state index contributed by atoms with van der Waals surface area (Å²) in [7, 11) is 0. The summed E-state index contributed by atoms with van der Waals surface area (Å²) >= 11 is 5.93. The number of carbonyl (C=O) groups is 1. The lowest BCUT2D eigenvalue weighted by Gasteiger charge is -2.17. The number of rotatable bonds is 3. The molecule has 1 amide bonds. The van der Waals surface area contributed by atoms with Gasteiger partial charge in [-0.25, -0.2) is 0 Å². The van der Waals surface area contributed by atoms with Crippen molar-refractivity contribution in [3.63, 3.8) is 0 Å². The van der Waals surface area contributed by atoms with Gasteiger partial charge < -0.3 is 10.6 Å². The highest BCUT2D eigenvalue weighted by Crippen LogP contribution is 2.17. The molecule has 0 saturated carbocycles. The number of hydrogen-bond donors (Lipinski definition) is 2. The Hall–Kier alpha value is -1.06. The van der Waals surface area contributed by atoms with Gasteiger partial charge in [0, 0.05) is 5.02 Å². The van der Waals surface area contributed by atoms with Crippen LogP contribution in [0.25, 0.3) is 0 Å². The Morgan fingerprint density at radius 1 is 1.59 bits per heavy atom. The minimum absolute atomic E-state index is 0.0106. The number of nitrogens with one attached hydrogen (secondary N) is 2. The molecule has 1 fully saturated rings. The Morgan fingerprint density at radius 3 is 3.06 bits per heavy atom. The van der Waals surface area contributed by atoms with Crippen LogP contribution < -0.4 is 10.6 Å². The third-order valence-electron chi connectivity index (χ3n) is 3.08. The van der Waals surface area contributed by atoms with Crippen LogP contribution in [0.15, 0.2) is 24.3 Å². The van der Waals surface area contributed by atoms with Crippen LogP contribution in [0.5, 0.6) is 0 Å². The van der Waals surface area contributed by atoms with E-state index in [1.807, 2.05) is 31.2 Å². The predicted octanol–water partition coefficient (Wildman–Crippen LogP) is 2.27. The van der Waals surface area contributed by atoms with Crippen LogP contribution in [0.3, 0.4) is 0 Å². The highest BCUT2D eigenvalue weighted by molar-refractivity contribution is 6.30. The fourth-order valence-corrected chi connectivity index (χ4v) is 2.28. The van der Waals surface area contributed by atoms with Gasteiger partial charge in [-0.1, -0.05) is 23.7 Å². The zero-order valence-electron chi connectivity index (χ0n) is 9.87. The van der Waals surface area contributed by atoms with Crippen molar-refractivity contribution in [2.45, 2.75) is 31.8 Å². The van der Waals surface area contributed by atoms with E-state index in [2.05, 4.69) is 10.6 Å². The molecule has 4 heteroatoms. The molecule has 3 nitrogen and oxygen atoms in total. The first-order valence-electron chi connectivity index (χ1n) is 5.96. The molecule has 1 aliphatic rings. The molecular weight excluding hydrogens is 236 g/mol. The van der Waals surface area contributed by atoms with Crippen molar-refractivity contribution in [2.75, 3.05) is 6.54 Å². The molecule has 0 unspecified atom stereocenters. The van der Waals surface area contributed by atoms with E-state index in [9.17, 15) is 4.79 Å². The van der Waals surface area contributed by atoms with E-state index >= 15 is 0 Å². The van der Waals surface area contributed by atoms with Crippen molar-refractivity contribution < 1.29 is 4.79 Å². The fourth-order valence-electron chi connectivity index (χ4n) is 2.08. The van der Waals surface area contributed by atoms with Gasteiger partial charge in [-0.15, -0.1) is 0 Å². The number of halogens is 1. The average Bonchev–Trinajstić information content (AvgIpc) is 2.82. The summed E-state index contributed by atoms with van der Waals surface area (Å²) in [6.45, 7) is 2.90. The molecule has 2 N–H and O–H groups in total. The molecular formula is C13H17ClN2O. The lowest BCUT2D eigenvalue weighted by Crippen LogP contribution is -2.41. The van der Waals surface area contributed by atoms with Gasteiger partial charge in [-0.2, -0.15) is 0 Å². The van der Waals surface area contributed by atoms with Gasteiger partial charge >= 0.3 is 0 Å². The van der Waals surface area contributed by atoms with E-state index in [0.29, 0.717) is 5.02 Å². The third kappa shape index (κ3) is 3.20. The Bertz CT molecular complexity index is 402. The number of carbonyl (C=O) groups excluding carboxylic acids is 1. The first kappa shape index (κ1) is 12.4. The summed E-state index contributed by atoms with van der Waals surface area (Å²) in [4.78, 5) is 11.9. The fraction of sp³-hybridized carbons (Fsp3) is 0.462. The topological polar surface area (TPSA) is 41.1 Å². The molecule has 1 heterocycles. The number of amides is 1. The molecule has 0 radical (unpaired) electrons. The molecule has 1 aromatic rings. The first-order valence-corrected chi connectivity index (χ1v) is 6.34. The van der Waals surface area contributed by atoms with E-state index < -0.39 is 0 Å². The van der Waals surface area contributed by atoms with Crippen molar-refractivity contribution in [3.8, 4) is 0 Å². The van der Waals surface area contributed by atoms with Crippen LogP contribution in [0.2, 0.25) is 5.02 Å². The summed E-state index contributed by atoms with van der Waals surface area (Å²) < 4.78 is 0. The Balaban J connectivity index is 1.96. The van der Waals surface area contributed by atoms with Crippen molar-refractivity contribution in [3.05, 3.63) is 34.9 Å². The molecule has 92 valence electrons. The number of hydrogen-bond acceptors (Lipinski definition) is 2. The average molecular weight is 253 g/mol. The monoisotopic (exact) mass is 252 g/mol. The molecule has 2 atom stereocenters. The Morgan fingerprint density at radius 2 is 2.41 bits per heavy atom. The maximum atomic E-state index is 11.9. The third-order valence-corrected chi connectivity index (χ3v) is 3.32. The minimum atomic E-state index is -0.0309. The van der Waals surface area contributed by atoms with E-state index in [-0.39, 0.29) is 18.0 Å². The molecule has 0 aliphatic carbocycles. The van der Waals surface area contributed by atoms with Crippen molar-refractivity contribution in [1.82, 2.24) is 10.6 Å². The smallest absolute Gasteiger partial charge is 0.237 e. The van der Waals surface area contributed by atoms with E-state index in [4.69, 9.17) is 11.6 Å². The van der Waals surface area contributed by atoms with Crippen LogP contribution in [0, 0.1) is 0 Å². The van der Waals surface area contributed by atoms with Gasteiger partial charge in [0.15, 0.2) is 0 Å². The highest BCUT2D eigenvalue weighted by atomic mass is 35.5. The SMILES string of the molecule is C[C@@H](NC(=O)[C@H]1CCCN1)c1cccc(Cl)c1. The maximum Gasteiger partial charge on any atom is 0.237 e. The molecule has 1 aliphatic heterocycles. The summed E-state index contributed by atoms with van der Waals surface area (Å²) in [5.41, 5.74) is 1.03. The second-order valence-electron chi connectivity index (χ2n) is 4.43. The van der Waals surface area contributed by atoms with Crippen LogP contribution in [0.4, 0.5) is 0 Å². The Labute approximate surface area is 107 Å². The predicted molar refractivity (Wildman–Crippen MR) is 69.0 cm³/mol. The normalized spacial score (nSPS) is 21.2. The van der Waals surface area contributed by atoms with E-state index in [0.717, 1.165) is 24.9 Å². The molecule has 2 rings (SSSR count). The quantitative estimate of drug-likeness (QED) is 0.867. The minimum Gasteiger partial charge on any atom is -0.348 e. The zero-order chi connectivity index (χ0) is 12.3. The standard InChI is InChI=1S/C13H17ClN2O/c1-9(10-4-2-5-11(14)8-10)16-13(17)12-6-3-7-15-12/h2,4-5,8-9,12,15H,3,6-7H2,1H3,(H,16,17)/t9-,12-/m1/s1. The van der Waals surface area contributed by atoms with Gasteiger partial charge in [0.1, 0.15) is 0 Å². The Kier molecular flexibility index (Phi) is 4.02. The molecule has 1 aromatic carbocycles. The van der Waals surface area contributed by atoms with Crippen LogP contribution in [-0.4, -0.2) is 18.5 Å². The molecule has 17 heavy (non-hydrogen) atoms. The van der Waals surface area contributed by atoms with Crippen LogP contribution in [0.1, 0.15) is 31.4 Å². The van der Waals surface area contributed by atoms with Gasteiger partial charge in [0.2, 0.25) is 5.91 Å². The summed E-state index contributed by atoms with van der Waals surface area (Å²) in [5, 5.41) is 6.89. The lowest BCUT2D eigenvalue weighted by atomic mass is 10.1. The lowest BCUT2D eigenvalue weighted by molar-refractivity contribution is -0.123.